The van der Waals surface area contributed by atoms with Crippen molar-refractivity contribution in [1.29, 1.82) is 0 Å². The molecule has 1 nitrogen and oxygen atoms in total. The van der Waals surface area contributed by atoms with E-state index in [9.17, 15) is 0 Å². The Bertz CT molecular complexity index is 123. The molecule has 0 N–H and O–H groups in total. The lowest BCUT2D eigenvalue weighted by molar-refractivity contribution is 0.298. The average molecular weight is 328 g/mol. The van der Waals surface area contributed by atoms with E-state index < -0.39 is 8.32 Å². The van der Waals surface area contributed by atoms with Gasteiger partial charge in [0.25, 0.3) is 0 Å². The number of hydrogen-bond acceptors (Lipinski definition) is 1. The number of alkyl halides is 1. The zero-order valence-corrected chi connectivity index (χ0v) is 13.1. The van der Waals surface area contributed by atoms with E-state index in [-0.39, 0.29) is 0 Å². The van der Waals surface area contributed by atoms with E-state index in [1.807, 2.05) is 0 Å². The molecule has 0 fully saturated rings. The maximum absolute atomic E-state index is 5.79. The fraction of sp³-hybridized carbons (Fsp3) is 1.00. The lowest BCUT2D eigenvalue weighted by Gasteiger charge is -2.16. The van der Waals surface area contributed by atoms with Crippen LogP contribution in [-0.2, 0) is 4.43 Å². The second-order valence-electron chi connectivity index (χ2n) is 4.77. The fourth-order valence-corrected chi connectivity index (χ4v) is 2.58. The smallest absolute Gasteiger partial charge is 0.183 e. The minimum absolute atomic E-state index is 0.988. The molecule has 0 aliphatic heterocycles. The van der Waals surface area contributed by atoms with Crippen LogP contribution in [0.25, 0.3) is 0 Å². The Labute approximate surface area is 104 Å². The van der Waals surface area contributed by atoms with Gasteiger partial charge < -0.3 is 4.43 Å². The van der Waals surface area contributed by atoms with Crippen LogP contribution in [0.4, 0.5) is 0 Å². The van der Waals surface area contributed by atoms with Gasteiger partial charge in [-0.1, -0.05) is 48.3 Å². The Balaban J connectivity index is 2.99. The number of rotatable bonds is 9. The van der Waals surface area contributed by atoms with E-state index in [4.69, 9.17) is 4.43 Å². The monoisotopic (exact) mass is 328 g/mol. The Kier molecular flexibility index (Phi) is 9.75. The van der Waals surface area contributed by atoms with Crippen LogP contribution in [0.3, 0.4) is 0 Å². The highest BCUT2D eigenvalue weighted by atomic mass is 127. The molecule has 0 heterocycles. The van der Waals surface area contributed by atoms with Gasteiger partial charge in [0.2, 0.25) is 0 Å². The van der Waals surface area contributed by atoms with Gasteiger partial charge in [0.15, 0.2) is 8.32 Å². The number of hydrogen-bond donors (Lipinski definition) is 0. The molecule has 0 amide bonds. The predicted octanol–water partition coefficient (Wildman–Crippen LogP) is 4.61. The SMILES string of the molecule is C[Si](C)(C)OCCCCCCCCI. The van der Waals surface area contributed by atoms with Crippen molar-refractivity contribution < 1.29 is 4.43 Å². The fourth-order valence-electron chi connectivity index (χ4n) is 1.28. The van der Waals surface area contributed by atoms with Crippen LogP contribution in [-0.4, -0.2) is 19.4 Å². The van der Waals surface area contributed by atoms with E-state index in [0.717, 1.165) is 6.61 Å². The summed E-state index contributed by atoms with van der Waals surface area (Å²) in [7, 11) is -1.24. The van der Waals surface area contributed by atoms with Crippen LogP contribution >= 0.6 is 22.6 Å². The standard InChI is InChI=1S/C11H25IOSi/c1-14(2,3)13-11-9-7-5-4-6-8-10-12/h4-11H2,1-3H3. The van der Waals surface area contributed by atoms with E-state index in [0.29, 0.717) is 0 Å². The molecule has 0 aliphatic carbocycles. The Morgan fingerprint density at radius 3 is 1.86 bits per heavy atom. The first-order valence-corrected chi connectivity index (χ1v) is 10.7. The summed E-state index contributed by atoms with van der Waals surface area (Å²) in [5, 5.41) is 0. The first-order chi connectivity index (χ1) is 6.56. The lowest BCUT2D eigenvalue weighted by Crippen LogP contribution is -2.25. The molecule has 0 saturated heterocycles. The molecule has 3 heteroatoms. The van der Waals surface area contributed by atoms with Crippen molar-refractivity contribution in [2.45, 2.75) is 58.2 Å². The van der Waals surface area contributed by atoms with Gasteiger partial charge in [-0.15, -0.1) is 0 Å². The van der Waals surface area contributed by atoms with Gasteiger partial charge in [-0.2, -0.15) is 0 Å². The van der Waals surface area contributed by atoms with Crippen LogP contribution in [0.2, 0.25) is 19.6 Å². The maximum atomic E-state index is 5.79. The molecule has 0 unspecified atom stereocenters. The molecule has 0 rings (SSSR count). The average Bonchev–Trinajstić information content (AvgIpc) is 2.08. The van der Waals surface area contributed by atoms with Crippen molar-refractivity contribution in [2.75, 3.05) is 11.0 Å². The highest BCUT2D eigenvalue weighted by Crippen LogP contribution is 2.08. The molecule has 0 aliphatic rings. The third-order valence-electron chi connectivity index (χ3n) is 2.06. The summed E-state index contributed by atoms with van der Waals surface area (Å²) in [6.07, 6.45) is 8.23. The molecule has 86 valence electrons. The summed E-state index contributed by atoms with van der Waals surface area (Å²) in [6.45, 7) is 7.76. The molecular weight excluding hydrogens is 303 g/mol. The molecular formula is C11H25IOSi. The van der Waals surface area contributed by atoms with Gasteiger partial charge in [-0.05, 0) is 36.9 Å². The molecule has 0 spiro atoms. The van der Waals surface area contributed by atoms with E-state index >= 15 is 0 Å². The van der Waals surface area contributed by atoms with Crippen LogP contribution in [0, 0.1) is 0 Å². The second-order valence-corrected chi connectivity index (χ2v) is 10.4. The molecule has 0 aromatic heterocycles. The zero-order chi connectivity index (χ0) is 10.9. The summed E-state index contributed by atoms with van der Waals surface area (Å²) >= 11 is 2.46. The zero-order valence-electron chi connectivity index (χ0n) is 9.94. The van der Waals surface area contributed by atoms with Crippen LogP contribution in [0.5, 0.6) is 0 Å². The van der Waals surface area contributed by atoms with Crippen LogP contribution in [0.1, 0.15) is 38.5 Å². The van der Waals surface area contributed by atoms with Crippen LogP contribution < -0.4 is 0 Å². The molecule has 0 aromatic rings. The van der Waals surface area contributed by atoms with Crippen molar-refractivity contribution in [1.82, 2.24) is 0 Å². The molecule has 0 radical (unpaired) electrons. The van der Waals surface area contributed by atoms with Gasteiger partial charge in [-0.25, -0.2) is 0 Å². The minimum atomic E-state index is -1.24. The topological polar surface area (TPSA) is 9.23 Å². The van der Waals surface area contributed by atoms with Gasteiger partial charge in [0.1, 0.15) is 0 Å². The van der Waals surface area contributed by atoms with Gasteiger partial charge in [-0.3, -0.25) is 0 Å². The van der Waals surface area contributed by atoms with Crippen molar-refractivity contribution >= 4 is 30.9 Å². The van der Waals surface area contributed by atoms with Crippen molar-refractivity contribution in [2.24, 2.45) is 0 Å². The Morgan fingerprint density at radius 1 is 0.857 bits per heavy atom. The molecule has 0 bridgehead atoms. The van der Waals surface area contributed by atoms with Crippen molar-refractivity contribution in [3.63, 3.8) is 0 Å². The number of unbranched alkanes of at least 4 members (excludes halogenated alkanes) is 5. The van der Waals surface area contributed by atoms with E-state index in [1.165, 1.54) is 43.0 Å². The molecule has 0 atom stereocenters. The lowest BCUT2D eigenvalue weighted by atomic mass is 10.1. The highest BCUT2D eigenvalue weighted by molar-refractivity contribution is 14.1. The Hall–Kier alpha value is 0.907. The van der Waals surface area contributed by atoms with Crippen molar-refractivity contribution in [3.8, 4) is 0 Å². The summed E-state index contributed by atoms with van der Waals surface area (Å²) < 4.78 is 7.11. The summed E-state index contributed by atoms with van der Waals surface area (Å²) in [5.41, 5.74) is 0. The van der Waals surface area contributed by atoms with E-state index in [1.54, 1.807) is 0 Å². The van der Waals surface area contributed by atoms with E-state index in [2.05, 4.69) is 42.2 Å². The number of halogens is 1. The summed E-state index contributed by atoms with van der Waals surface area (Å²) in [4.78, 5) is 0. The molecule has 0 saturated carbocycles. The summed E-state index contributed by atoms with van der Waals surface area (Å²) in [5.74, 6) is 0. The first-order valence-electron chi connectivity index (χ1n) is 5.76. The maximum Gasteiger partial charge on any atom is 0.183 e. The van der Waals surface area contributed by atoms with Gasteiger partial charge in [0, 0.05) is 6.61 Å². The largest absolute Gasteiger partial charge is 0.418 e. The Morgan fingerprint density at radius 2 is 1.36 bits per heavy atom. The van der Waals surface area contributed by atoms with Gasteiger partial charge >= 0.3 is 0 Å². The minimum Gasteiger partial charge on any atom is -0.418 e. The molecule has 14 heavy (non-hydrogen) atoms. The highest BCUT2D eigenvalue weighted by Gasteiger charge is 2.12. The third-order valence-corrected chi connectivity index (χ3v) is 3.90. The second kappa shape index (κ2) is 9.16. The normalized spacial score (nSPS) is 12.0. The van der Waals surface area contributed by atoms with Crippen LogP contribution in [0.15, 0.2) is 0 Å². The van der Waals surface area contributed by atoms with Gasteiger partial charge in [0.05, 0.1) is 0 Å². The quantitative estimate of drug-likeness (QED) is 0.260. The predicted molar refractivity (Wildman–Crippen MR) is 75.9 cm³/mol. The third kappa shape index (κ3) is 12.9. The van der Waals surface area contributed by atoms with Crippen molar-refractivity contribution in [3.05, 3.63) is 0 Å². The summed E-state index contributed by atoms with van der Waals surface area (Å²) in [6, 6.07) is 0. The first kappa shape index (κ1) is 14.9. The molecule has 0 aromatic carbocycles.